The number of benzene rings is 2. The van der Waals surface area contributed by atoms with E-state index in [-0.39, 0.29) is 5.91 Å². The first-order valence-corrected chi connectivity index (χ1v) is 8.03. The van der Waals surface area contributed by atoms with Crippen molar-refractivity contribution < 1.29 is 4.79 Å². The molecule has 0 aliphatic carbocycles. The first-order valence-electron chi connectivity index (χ1n) is 8.03. The Bertz CT molecular complexity index is 990. The van der Waals surface area contributed by atoms with Crippen LogP contribution in [0.5, 0.6) is 0 Å². The van der Waals surface area contributed by atoms with Crippen LogP contribution in [0, 0.1) is 25.2 Å². The van der Waals surface area contributed by atoms with Gasteiger partial charge in [-0.15, -0.1) is 0 Å². The molecule has 26 heavy (non-hydrogen) atoms. The Morgan fingerprint density at radius 3 is 2.58 bits per heavy atom. The molecular formula is C20H17N5O. The van der Waals surface area contributed by atoms with E-state index in [1.165, 1.54) is 12.4 Å². The van der Waals surface area contributed by atoms with E-state index >= 15 is 0 Å². The molecule has 128 valence electrons. The molecule has 1 amide bonds. The number of hydrogen-bond donors (Lipinski definition) is 2. The van der Waals surface area contributed by atoms with Crippen LogP contribution >= 0.6 is 0 Å². The standard InChI is InChI=1S/C20H17N5O/c1-13-6-7-14(2)18(8-13)25-19(26)16-11-22-20(23-12-16)24-17-5-3-4-15(9-17)10-21/h3-9,11-12H,1-2H3,(H,25,26)(H,22,23,24). The monoisotopic (exact) mass is 343 g/mol. The number of amides is 1. The van der Waals surface area contributed by atoms with Gasteiger partial charge in [-0.2, -0.15) is 5.26 Å². The molecule has 6 heteroatoms. The lowest BCUT2D eigenvalue weighted by Gasteiger charge is -2.09. The zero-order chi connectivity index (χ0) is 18.5. The van der Waals surface area contributed by atoms with E-state index in [9.17, 15) is 4.79 Å². The molecule has 1 heterocycles. The number of carbonyl (C=O) groups is 1. The van der Waals surface area contributed by atoms with Gasteiger partial charge >= 0.3 is 0 Å². The van der Waals surface area contributed by atoms with E-state index in [2.05, 4.69) is 26.7 Å². The Morgan fingerprint density at radius 1 is 1.08 bits per heavy atom. The fourth-order valence-corrected chi connectivity index (χ4v) is 2.37. The fourth-order valence-electron chi connectivity index (χ4n) is 2.37. The smallest absolute Gasteiger partial charge is 0.258 e. The lowest BCUT2D eigenvalue weighted by molar-refractivity contribution is 0.102. The van der Waals surface area contributed by atoms with Crippen LogP contribution < -0.4 is 10.6 Å². The summed E-state index contributed by atoms with van der Waals surface area (Å²) in [5.74, 6) is 0.0834. The maximum atomic E-state index is 12.4. The molecule has 6 nitrogen and oxygen atoms in total. The van der Waals surface area contributed by atoms with Crippen molar-refractivity contribution >= 4 is 23.2 Å². The van der Waals surface area contributed by atoms with Crippen molar-refractivity contribution in [3.8, 4) is 6.07 Å². The van der Waals surface area contributed by atoms with Gasteiger partial charge in [-0.05, 0) is 49.2 Å². The molecule has 3 rings (SSSR count). The average Bonchev–Trinajstić information content (AvgIpc) is 2.65. The molecular weight excluding hydrogens is 326 g/mol. The summed E-state index contributed by atoms with van der Waals surface area (Å²) in [6, 6.07) is 15.0. The third-order valence-electron chi connectivity index (χ3n) is 3.80. The number of nitrogens with zero attached hydrogens (tertiary/aromatic N) is 3. The van der Waals surface area contributed by atoms with Crippen LogP contribution in [0.15, 0.2) is 54.9 Å². The Hall–Kier alpha value is -3.72. The summed E-state index contributed by atoms with van der Waals surface area (Å²) in [5.41, 5.74) is 4.44. The summed E-state index contributed by atoms with van der Waals surface area (Å²) < 4.78 is 0. The van der Waals surface area contributed by atoms with E-state index in [0.717, 1.165) is 16.8 Å². The van der Waals surface area contributed by atoms with E-state index in [0.29, 0.717) is 22.8 Å². The first-order chi connectivity index (χ1) is 12.5. The highest BCUT2D eigenvalue weighted by Crippen LogP contribution is 2.18. The third kappa shape index (κ3) is 4.02. The molecule has 0 fully saturated rings. The number of nitriles is 1. The van der Waals surface area contributed by atoms with Crippen molar-refractivity contribution in [3.63, 3.8) is 0 Å². The van der Waals surface area contributed by atoms with Crippen molar-refractivity contribution in [2.45, 2.75) is 13.8 Å². The summed E-state index contributed by atoms with van der Waals surface area (Å²) in [6.45, 7) is 3.91. The van der Waals surface area contributed by atoms with E-state index in [1.807, 2.05) is 38.1 Å². The van der Waals surface area contributed by atoms with E-state index in [4.69, 9.17) is 5.26 Å². The van der Waals surface area contributed by atoms with Crippen LogP contribution in [-0.4, -0.2) is 15.9 Å². The normalized spacial score (nSPS) is 10.0. The topological polar surface area (TPSA) is 90.7 Å². The van der Waals surface area contributed by atoms with Crippen molar-refractivity contribution in [1.82, 2.24) is 9.97 Å². The van der Waals surface area contributed by atoms with Crippen molar-refractivity contribution in [2.24, 2.45) is 0 Å². The predicted octanol–water partition coefficient (Wildman–Crippen LogP) is 3.96. The van der Waals surface area contributed by atoms with Gasteiger partial charge in [0.15, 0.2) is 0 Å². The highest BCUT2D eigenvalue weighted by atomic mass is 16.1. The van der Waals surface area contributed by atoms with Crippen molar-refractivity contribution in [2.75, 3.05) is 10.6 Å². The second kappa shape index (κ2) is 7.45. The van der Waals surface area contributed by atoms with Gasteiger partial charge in [0.1, 0.15) is 0 Å². The molecule has 3 aromatic rings. The number of hydrogen-bond acceptors (Lipinski definition) is 5. The van der Waals surface area contributed by atoms with Crippen LogP contribution in [0.1, 0.15) is 27.0 Å². The number of nitrogens with one attached hydrogen (secondary N) is 2. The molecule has 0 aliphatic rings. The number of aryl methyl sites for hydroxylation is 2. The van der Waals surface area contributed by atoms with E-state index < -0.39 is 0 Å². The number of anilines is 3. The van der Waals surface area contributed by atoms with Crippen LogP contribution in [0.2, 0.25) is 0 Å². The molecule has 2 aromatic carbocycles. The van der Waals surface area contributed by atoms with Gasteiger partial charge in [0.25, 0.3) is 5.91 Å². The maximum Gasteiger partial charge on any atom is 0.258 e. The zero-order valence-corrected chi connectivity index (χ0v) is 14.4. The highest BCUT2D eigenvalue weighted by molar-refractivity contribution is 6.04. The van der Waals surface area contributed by atoms with Crippen molar-refractivity contribution in [3.05, 3.63) is 77.1 Å². The predicted molar refractivity (Wildman–Crippen MR) is 100 cm³/mol. The van der Waals surface area contributed by atoms with Crippen molar-refractivity contribution in [1.29, 1.82) is 5.26 Å². The minimum atomic E-state index is -0.267. The van der Waals surface area contributed by atoms with Gasteiger partial charge in [0, 0.05) is 23.8 Å². The maximum absolute atomic E-state index is 12.4. The molecule has 2 N–H and O–H groups in total. The highest BCUT2D eigenvalue weighted by Gasteiger charge is 2.09. The van der Waals surface area contributed by atoms with E-state index in [1.54, 1.807) is 18.2 Å². The largest absolute Gasteiger partial charge is 0.324 e. The molecule has 0 atom stereocenters. The second-order valence-corrected chi connectivity index (χ2v) is 5.89. The average molecular weight is 343 g/mol. The summed E-state index contributed by atoms with van der Waals surface area (Å²) in [4.78, 5) is 20.7. The SMILES string of the molecule is Cc1ccc(C)c(NC(=O)c2cnc(Nc3cccc(C#N)c3)nc2)c1. The number of aromatic nitrogens is 2. The molecule has 0 aliphatic heterocycles. The first kappa shape index (κ1) is 17.1. The minimum Gasteiger partial charge on any atom is -0.324 e. The van der Waals surface area contributed by atoms with Crippen LogP contribution in [-0.2, 0) is 0 Å². The fraction of sp³-hybridized carbons (Fsp3) is 0.100. The molecule has 0 saturated heterocycles. The summed E-state index contributed by atoms with van der Waals surface area (Å²) in [6.07, 6.45) is 2.92. The lowest BCUT2D eigenvalue weighted by atomic mass is 10.1. The molecule has 1 aromatic heterocycles. The van der Waals surface area contributed by atoms with Gasteiger partial charge in [-0.25, -0.2) is 9.97 Å². The van der Waals surface area contributed by atoms with Gasteiger partial charge in [-0.3, -0.25) is 4.79 Å². The molecule has 0 unspecified atom stereocenters. The third-order valence-corrected chi connectivity index (χ3v) is 3.80. The second-order valence-electron chi connectivity index (χ2n) is 5.89. The van der Waals surface area contributed by atoms with Gasteiger partial charge in [0.2, 0.25) is 5.95 Å². The minimum absolute atomic E-state index is 0.267. The lowest BCUT2D eigenvalue weighted by Crippen LogP contribution is -2.14. The van der Waals surface area contributed by atoms with Gasteiger partial charge in [0.05, 0.1) is 17.2 Å². The Labute approximate surface area is 151 Å². The molecule has 0 saturated carbocycles. The Kier molecular flexibility index (Phi) is 4.90. The van der Waals surface area contributed by atoms with Crippen LogP contribution in [0.25, 0.3) is 0 Å². The van der Waals surface area contributed by atoms with Gasteiger partial charge < -0.3 is 10.6 Å². The summed E-state index contributed by atoms with van der Waals surface area (Å²) in [5, 5.41) is 14.8. The molecule has 0 spiro atoms. The Morgan fingerprint density at radius 2 is 1.85 bits per heavy atom. The zero-order valence-electron chi connectivity index (χ0n) is 14.4. The number of carbonyl (C=O) groups excluding carboxylic acids is 1. The molecule has 0 bridgehead atoms. The Balaban J connectivity index is 1.71. The quantitative estimate of drug-likeness (QED) is 0.748. The van der Waals surface area contributed by atoms with Crippen LogP contribution in [0.4, 0.5) is 17.3 Å². The summed E-state index contributed by atoms with van der Waals surface area (Å²) in [7, 11) is 0. The van der Waals surface area contributed by atoms with Gasteiger partial charge in [-0.1, -0.05) is 18.2 Å². The summed E-state index contributed by atoms with van der Waals surface area (Å²) >= 11 is 0. The number of rotatable bonds is 4. The van der Waals surface area contributed by atoms with Crippen LogP contribution in [0.3, 0.4) is 0 Å². The molecule has 0 radical (unpaired) electrons.